The van der Waals surface area contributed by atoms with Gasteiger partial charge in [0.1, 0.15) is 0 Å². The van der Waals surface area contributed by atoms with Gasteiger partial charge in [0.15, 0.2) is 0 Å². The lowest BCUT2D eigenvalue weighted by Gasteiger charge is -2.14. The monoisotopic (exact) mass is 264 g/mol. The number of ether oxygens (including phenoxy) is 1. The Morgan fingerprint density at radius 1 is 1.42 bits per heavy atom. The van der Waals surface area contributed by atoms with Crippen molar-refractivity contribution < 1.29 is 9.66 Å². The quantitative estimate of drug-likeness (QED) is 0.486. The van der Waals surface area contributed by atoms with Crippen molar-refractivity contribution in [1.82, 2.24) is 5.32 Å². The molecule has 1 aromatic carbocycles. The fourth-order valence-corrected chi connectivity index (χ4v) is 2.35. The van der Waals surface area contributed by atoms with Crippen molar-refractivity contribution in [2.24, 2.45) is 5.92 Å². The number of nitro groups is 1. The maximum atomic E-state index is 10.5. The molecule has 2 unspecified atom stereocenters. The van der Waals surface area contributed by atoms with Crippen LogP contribution in [0.15, 0.2) is 24.3 Å². The Balaban J connectivity index is 1.69. The maximum Gasteiger partial charge on any atom is 0.269 e. The molecule has 1 aliphatic rings. The smallest absolute Gasteiger partial charge is 0.269 e. The van der Waals surface area contributed by atoms with Crippen molar-refractivity contribution in [2.75, 3.05) is 19.7 Å². The van der Waals surface area contributed by atoms with Crippen molar-refractivity contribution in [3.05, 3.63) is 39.9 Å². The molecule has 1 aliphatic heterocycles. The highest BCUT2D eigenvalue weighted by atomic mass is 16.6. The SMILES string of the molecule is CC1OCCC1CNCCc1ccc([N+](=O)[O-])cc1. The summed E-state index contributed by atoms with van der Waals surface area (Å²) in [6, 6.07) is 6.76. The van der Waals surface area contributed by atoms with Gasteiger partial charge in [0.05, 0.1) is 11.0 Å². The van der Waals surface area contributed by atoms with Crippen LogP contribution < -0.4 is 5.32 Å². The lowest BCUT2D eigenvalue weighted by atomic mass is 10.0. The average molecular weight is 264 g/mol. The molecule has 1 aromatic rings. The van der Waals surface area contributed by atoms with Gasteiger partial charge in [-0.15, -0.1) is 0 Å². The zero-order valence-corrected chi connectivity index (χ0v) is 11.2. The highest BCUT2D eigenvalue weighted by Crippen LogP contribution is 2.19. The van der Waals surface area contributed by atoms with Gasteiger partial charge in [-0.3, -0.25) is 10.1 Å². The highest BCUT2D eigenvalue weighted by molar-refractivity contribution is 5.32. The zero-order chi connectivity index (χ0) is 13.7. The topological polar surface area (TPSA) is 64.4 Å². The summed E-state index contributed by atoms with van der Waals surface area (Å²) in [7, 11) is 0. The number of non-ortho nitro benzene ring substituents is 1. The van der Waals surface area contributed by atoms with E-state index in [1.165, 1.54) is 0 Å². The number of nitro benzene ring substituents is 1. The summed E-state index contributed by atoms with van der Waals surface area (Å²) < 4.78 is 5.51. The fourth-order valence-electron chi connectivity index (χ4n) is 2.35. The van der Waals surface area contributed by atoms with Crippen LogP contribution in [0, 0.1) is 16.0 Å². The van der Waals surface area contributed by atoms with E-state index in [0.717, 1.165) is 38.1 Å². The van der Waals surface area contributed by atoms with Gasteiger partial charge in [-0.1, -0.05) is 12.1 Å². The van der Waals surface area contributed by atoms with Crippen molar-refractivity contribution in [1.29, 1.82) is 0 Å². The van der Waals surface area contributed by atoms with E-state index < -0.39 is 0 Å². The van der Waals surface area contributed by atoms with E-state index in [0.29, 0.717) is 12.0 Å². The van der Waals surface area contributed by atoms with E-state index in [4.69, 9.17) is 4.74 Å². The molecule has 2 rings (SSSR count). The molecule has 1 fully saturated rings. The summed E-state index contributed by atoms with van der Waals surface area (Å²) in [6.45, 7) is 4.86. The molecule has 0 saturated carbocycles. The Kier molecular flexibility index (Phi) is 4.87. The standard InChI is InChI=1S/C14H20N2O3/c1-11-13(7-9-19-11)10-15-8-6-12-2-4-14(5-3-12)16(17)18/h2-5,11,13,15H,6-10H2,1H3. The molecule has 5 heteroatoms. The second-order valence-electron chi connectivity index (χ2n) is 5.00. The van der Waals surface area contributed by atoms with Crippen LogP contribution in [0.4, 0.5) is 5.69 Å². The van der Waals surface area contributed by atoms with E-state index in [2.05, 4.69) is 12.2 Å². The summed E-state index contributed by atoms with van der Waals surface area (Å²) in [4.78, 5) is 10.2. The normalized spacial score (nSPS) is 22.6. The molecular weight excluding hydrogens is 244 g/mol. The molecule has 1 heterocycles. The first-order valence-electron chi connectivity index (χ1n) is 6.72. The van der Waals surface area contributed by atoms with Crippen molar-refractivity contribution in [2.45, 2.75) is 25.9 Å². The van der Waals surface area contributed by atoms with E-state index >= 15 is 0 Å². The zero-order valence-electron chi connectivity index (χ0n) is 11.2. The van der Waals surface area contributed by atoms with Crippen LogP contribution in [-0.4, -0.2) is 30.7 Å². The molecule has 1 N–H and O–H groups in total. The minimum absolute atomic E-state index is 0.147. The summed E-state index contributed by atoms with van der Waals surface area (Å²) in [5, 5.41) is 14.0. The Bertz CT molecular complexity index is 419. The largest absolute Gasteiger partial charge is 0.378 e. The molecule has 0 amide bonds. The van der Waals surface area contributed by atoms with Gasteiger partial charge < -0.3 is 10.1 Å². The summed E-state index contributed by atoms with van der Waals surface area (Å²) in [5.41, 5.74) is 1.27. The first kappa shape index (κ1) is 14.0. The minimum Gasteiger partial charge on any atom is -0.378 e. The number of hydrogen-bond donors (Lipinski definition) is 1. The van der Waals surface area contributed by atoms with Crippen LogP contribution in [0.5, 0.6) is 0 Å². The Morgan fingerprint density at radius 3 is 2.74 bits per heavy atom. The number of nitrogens with zero attached hydrogens (tertiary/aromatic N) is 1. The Morgan fingerprint density at radius 2 is 2.16 bits per heavy atom. The first-order chi connectivity index (χ1) is 9.16. The Labute approximate surface area is 113 Å². The molecule has 104 valence electrons. The van der Waals surface area contributed by atoms with Gasteiger partial charge in [0.25, 0.3) is 5.69 Å². The number of nitrogens with one attached hydrogen (secondary N) is 1. The third kappa shape index (κ3) is 4.01. The molecule has 5 nitrogen and oxygen atoms in total. The minimum atomic E-state index is -0.372. The van der Waals surface area contributed by atoms with Gasteiger partial charge in [-0.2, -0.15) is 0 Å². The molecular formula is C14H20N2O3. The summed E-state index contributed by atoms with van der Waals surface area (Å²) >= 11 is 0. The van der Waals surface area contributed by atoms with E-state index in [-0.39, 0.29) is 10.6 Å². The van der Waals surface area contributed by atoms with Crippen molar-refractivity contribution in [3.8, 4) is 0 Å². The predicted molar refractivity (Wildman–Crippen MR) is 73.2 cm³/mol. The Hall–Kier alpha value is -1.46. The molecule has 0 aromatic heterocycles. The van der Waals surface area contributed by atoms with Gasteiger partial charge in [0.2, 0.25) is 0 Å². The van der Waals surface area contributed by atoms with Crippen molar-refractivity contribution in [3.63, 3.8) is 0 Å². The molecule has 0 bridgehead atoms. The predicted octanol–water partition coefficient (Wildman–Crippen LogP) is 2.15. The molecule has 2 atom stereocenters. The van der Waals surface area contributed by atoms with Gasteiger partial charge in [0, 0.05) is 25.3 Å². The number of benzene rings is 1. The average Bonchev–Trinajstić information content (AvgIpc) is 2.81. The third-order valence-corrected chi connectivity index (χ3v) is 3.68. The molecule has 1 saturated heterocycles. The van der Waals surface area contributed by atoms with Gasteiger partial charge in [-0.05, 0) is 37.8 Å². The van der Waals surface area contributed by atoms with Gasteiger partial charge >= 0.3 is 0 Å². The maximum absolute atomic E-state index is 10.5. The lowest BCUT2D eigenvalue weighted by molar-refractivity contribution is -0.384. The van der Waals surface area contributed by atoms with Crippen LogP contribution in [0.3, 0.4) is 0 Å². The molecule has 0 aliphatic carbocycles. The number of hydrogen-bond acceptors (Lipinski definition) is 4. The van der Waals surface area contributed by atoms with Gasteiger partial charge in [-0.25, -0.2) is 0 Å². The molecule has 0 spiro atoms. The van der Waals surface area contributed by atoms with E-state index in [1.54, 1.807) is 12.1 Å². The first-order valence-corrected chi connectivity index (χ1v) is 6.72. The number of rotatable bonds is 6. The second kappa shape index (κ2) is 6.63. The van der Waals surface area contributed by atoms with Crippen LogP contribution in [0.2, 0.25) is 0 Å². The van der Waals surface area contributed by atoms with Crippen LogP contribution in [0.25, 0.3) is 0 Å². The van der Waals surface area contributed by atoms with Crippen LogP contribution >= 0.6 is 0 Å². The molecule has 19 heavy (non-hydrogen) atoms. The third-order valence-electron chi connectivity index (χ3n) is 3.68. The van der Waals surface area contributed by atoms with E-state index in [9.17, 15) is 10.1 Å². The summed E-state index contributed by atoms with van der Waals surface area (Å²) in [5.74, 6) is 0.608. The lowest BCUT2D eigenvalue weighted by Crippen LogP contribution is -2.28. The summed E-state index contributed by atoms with van der Waals surface area (Å²) in [6.07, 6.45) is 2.37. The van der Waals surface area contributed by atoms with Crippen LogP contribution in [-0.2, 0) is 11.2 Å². The fraction of sp³-hybridized carbons (Fsp3) is 0.571. The van der Waals surface area contributed by atoms with Crippen LogP contribution in [0.1, 0.15) is 18.9 Å². The molecule has 0 radical (unpaired) electrons. The van der Waals surface area contributed by atoms with E-state index in [1.807, 2.05) is 12.1 Å². The van der Waals surface area contributed by atoms with Crippen molar-refractivity contribution >= 4 is 5.69 Å². The second-order valence-corrected chi connectivity index (χ2v) is 5.00. The highest BCUT2D eigenvalue weighted by Gasteiger charge is 2.23.